The van der Waals surface area contributed by atoms with E-state index >= 15 is 0 Å². The van der Waals surface area contributed by atoms with Gasteiger partial charge in [0, 0.05) is 17.8 Å². The lowest BCUT2D eigenvalue weighted by Crippen LogP contribution is -2.23. The molecule has 0 fully saturated rings. The van der Waals surface area contributed by atoms with E-state index in [1.165, 1.54) is 0 Å². The summed E-state index contributed by atoms with van der Waals surface area (Å²) in [4.78, 5) is 20.4. The third kappa shape index (κ3) is 4.38. The average molecular weight is 284 g/mol. The molecule has 0 aliphatic rings. The number of aryl methyl sites for hydroxylation is 1. The highest BCUT2D eigenvalue weighted by molar-refractivity contribution is 5.71. The van der Waals surface area contributed by atoms with Gasteiger partial charge in [0.15, 0.2) is 0 Å². The van der Waals surface area contributed by atoms with Gasteiger partial charge in [-0.2, -0.15) is 0 Å². The minimum atomic E-state index is -0.346. The molecule has 0 amide bonds. The summed E-state index contributed by atoms with van der Waals surface area (Å²) in [6, 6.07) is 9.66. The van der Waals surface area contributed by atoms with Crippen molar-refractivity contribution in [2.75, 3.05) is 0 Å². The number of rotatable bonds is 5. The molecule has 2 rings (SSSR count). The van der Waals surface area contributed by atoms with Gasteiger partial charge in [-0.05, 0) is 18.1 Å². The van der Waals surface area contributed by atoms with Gasteiger partial charge in [-0.15, -0.1) is 0 Å². The van der Waals surface area contributed by atoms with Crippen molar-refractivity contribution in [2.24, 2.45) is 0 Å². The molecule has 0 saturated heterocycles. The molecule has 4 heteroatoms. The van der Waals surface area contributed by atoms with Crippen molar-refractivity contribution in [3.8, 4) is 0 Å². The number of carbonyl (C=O) groups is 1. The number of benzene rings is 1. The number of aromatic nitrogens is 2. The zero-order valence-corrected chi connectivity index (χ0v) is 12.7. The van der Waals surface area contributed by atoms with Gasteiger partial charge < -0.3 is 4.74 Å². The fraction of sp³-hybridized carbons (Fsp3) is 0.353. The first-order valence-electron chi connectivity index (χ1n) is 6.96. The highest BCUT2D eigenvalue weighted by Crippen LogP contribution is 2.26. The Morgan fingerprint density at radius 2 is 1.76 bits per heavy atom. The molecular weight excluding hydrogens is 264 g/mol. The molecule has 0 radical (unpaired) electrons. The second-order valence-electron chi connectivity index (χ2n) is 5.73. The summed E-state index contributed by atoms with van der Waals surface area (Å²) in [5.74, 6) is 0.505. The molecule has 0 spiro atoms. The molecule has 110 valence electrons. The zero-order chi connectivity index (χ0) is 15.3. The summed E-state index contributed by atoms with van der Waals surface area (Å²) in [7, 11) is 0. The molecule has 21 heavy (non-hydrogen) atoms. The Labute approximate surface area is 125 Å². The zero-order valence-electron chi connectivity index (χ0n) is 12.7. The van der Waals surface area contributed by atoms with Gasteiger partial charge in [0.2, 0.25) is 0 Å². The van der Waals surface area contributed by atoms with Crippen LogP contribution in [0.2, 0.25) is 0 Å². The van der Waals surface area contributed by atoms with Crippen LogP contribution in [0.5, 0.6) is 0 Å². The second-order valence-corrected chi connectivity index (χ2v) is 5.73. The number of hydrogen-bond acceptors (Lipinski definition) is 4. The van der Waals surface area contributed by atoms with E-state index in [4.69, 9.17) is 4.74 Å². The first-order chi connectivity index (χ1) is 9.97. The summed E-state index contributed by atoms with van der Waals surface area (Å²) < 4.78 is 5.33. The first kappa shape index (κ1) is 15.2. The van der Waals surface area contributed by atoms with Gasteiger partial charge in [0.1, 0.15) is 12.4 Å². The fourth-order valence-corrected chi connectivity index (χ4v) is 1.99. The van der Waals surface area contributed by atoms with Crippen LogP contribution in [0.4, 0.5) is 0 Å². The molecular formula is C17H20N2O2. The highest BCUT2D eigenvalue weighted by Gasteiger charge is 2.26. The van der Waals surface area contributed by atoms with E-state index in [9.17, 15) is 4.79 Å². The van der Waals surface area contributed by atoms with Crippen LogP contribution in [0.1, 0.15) is 37.2 Å². The van der Waals surface area contributed by atoms with E-state index in [1.54, 1.807) is 12.4 Å². The van der Waals surface area contributed by atoms with E-state index in [0.717, 1.165) is 17.0 Å². The lowest BCUT2D eigenvalue weighted by molar-refractivity contribution is -0.146. The van der Waals surface area contributed by atoms with Crippen LogP contribution < -0.4 is 0 Å². The molecule has 0 N–H and O–H groups in total. The molecule has 0 aliphatic carbocycles. The predicted octanol–water partition coefficient (Wildman–Crippen LogP) is 3.20. The monoisotopic (exact) mass is 284 g/mol. The molecule has 0 atom stereocenters. The Morgan fingerprint density at radius 3 is 2.38 bits per heavy atom. The Morgan fingerprint density at radius 1 is 1.14 bits per heavy atom. The summed E-state index contributed by atoms with van der Waals surface area (Å²) >= 11 is 0. The van der Waals surface area contributed by atoms with Gasteiger partial charge in [-0.3, -0.25) is 4.79 Å². The summed E-state index contributed by atoms with van der Waals surface area (Å²) in [5, 5.41) is 0. The van der Waals surface area contributed by atoms with Crippen molar-refractivity contribution in [1.29, 1.82) is 0 Å². The third-order valence-electron chi connectivity index (χ3n) is 3.39. The van der Waals surface area contributed by atoms with Gasteiger partial charge in [-0.25, -0.2) is 9.97 Å². The Hall–Kier alpha value is -2.23. The largest absolute Gasteiger partial charge is 0.461 e. The Bertz CT molecular complexity index is 592. The second kappa shape index (κ2) is 6.48. The molecule has 0 aliphatic heterocycles. The molecule has 4 nitrogen and oxygen atoms in total. The van der Waals surface area contributed by atoms with Gasteiger partial charge in [0.25, 0.3) is 0 Å². The Kier molecular flexibility index (Phi) is 4.68. The van der Waals surface area contributed by atoms with Gasteiger partial charge in [-0.1, -0.05) is 44.2 Å². The number of esters is 1. The SMILES string of the molecule is Cc1ncc(C(C)(C)CC(=O)OCc2ccccc2)cn1. The number of hydrogen-bond donors (Lipinski definition) is 0. The molecule has 0 bridgehead atoms. The first-order valence-corrected chi connectivity index (χ1v) is 6.96. The van der Waals surface area contributed by atoms with E-state index < -0.39 is 0 Å². The maximum absolute atomic E-state index is 12.0. The van der Waals surface area contributed by atoms with Gasteiger partial charge in [0.05, 0.1) is 6.42 Å². The standard InChI is InChI=1S/C17H20N2O2/c1-13-18-10-15(11-19-13)17(2,3)9-16(20)21-12-14-7-5-4-6-8-14/h4-8,10-11H,9,12H2,1-3H3. The van der Waals surface area contributed by atoms with Crippen LogP contribution in [-0.2, 0) is 21.6 Å². The molecule has 1 aromatic carbocycles. The van der Waals surface area contributed by atoms with Crippen molar-refractivity contribution in [3.05, 3.63) is 59.7 Å². The normalized spacial score (nSPS) is 11.2. The van der Waals surface area contributed by atoms with Crippen LogP contribution in [0, 0.1) is 6.92 Å². The average Bonchev–Trinajstić information content (AvgIpc) is 2.46. The predicted molar refractivity (Wildman–Crippen MR) is 80.7 cm³/mol. The van der Waals surface area contributed by atoms with E-state index in [2.05, 4.69) is 9.97 Å². The molecule has 2 aromatic rings. The van der Waals surface area contributed by atoms with Crippen LogP contribution in [0.3, 0.4) is 0 Å². The molecule has 0 saturated carbocycles. The van der Waals surface area contributed by atoms with Crippen LogP contribution in [0.25, 0.3) is 0 Å². The van der Waals surface area contributed by atoms with Crippen molar-refractivity contribution >= 4 is 5.97 Å². The molecule has 1 heterocycles. The van der Waals surface area contributed by atoms with Crippen LogP contribution >= 0.6 is 0 Å². The third-order valence-corrected chi connectivity index (χ3v) is 3.39. The molecule has 1 aromatic heterocycles. The summed E-state index contributed by atoms with van der Waals surface area (Å²) in [5.41, 5.74) is 1.58. The van der Waals surface area contributed by atoms with Crippen molar-refractivity contribution in [1.82, 2.24) is 9.97 Å². The Balaban J connectivity index is 1.93. The number of ether oxygens (including phenoxy) is 1. The van der Waals surface area contributed by atoms with Crippen LogP contribution in [0.15, 0.2) is 42.7 Å². The number of nitrogens with zero attached hydrogens (tertiary/aromatic N) is 2. The van der Waals surface area contributed by atoms with Gasteiger partial charge >= 0.3 is 5.97 Å². The lowest BCUT2D eigenvalue weighted by atomic mass is 9.83. The maximum Gasteiger partial charge on any atom is 0.307 e. The van der Waals surface area contributed by atoms with E-state index in [0.29, 0.717) is 13.0 Å². The highest BCUT2D eigenvalue weighted by atomic mass is 16.5. The minimum absolute atomic E-state index is 0.218. The van der Waals surface area contributed by atoms with Crippen molar-refractivity contribution < 1.29 is 9.53 Å². The quantitative estimate of drug-likeness (QED) is 0.791. The van der Waals surface area contributed by atoms with Crippen molar-refractivity contribution in [3.63, 3.8) is 0 Å². The van der Waals surface area contributed by atoms with Crippen molar-refractivity contribution in [2.45, 2.75) is 39.2 Å². The smallest absolute Gasteiger partial charge is 0.307 e. The van der Waals surface area contributed by atoms with Crippen LogP contribution in [-0.4, -0.2) is 15.9 Å². The minimum Gasteiger partial charge on any atom is -0.461 e. The molecule has 0 unspecified atom stereocenters. The number of carbonyl (C=O) groups excluding carboxylic acids is 1. The topological polar surface area (TPSA) is 52.1 Å². The lowest BCUT2D eigenvalue weighted by Gasteiger charge is -2.23. The van der Waals surface area contributed by atoms with E-state index in [-0.39, 0.29) is 11.4 Å². The summed E-state index contributed by atoms with van der Waals surface area (Å²) in [6.07, 6.45) is 3.84. The fourth-order valence-electron chi connectivity index (χ4n) is 1.99. The summed E-state index contributed by atoms with van der Waals surface area (Å²) in [6.45, 7) is 6.13. The maximum atomic E-state index is 12.0. The van der Waals surface area contributed by atoms with E-state index in [1.807, 2.05) is 51.1 Å².